The zero-order chi connectivity index (χ0) is 11.1. The van der Waals surface area contributed by atoms with Gasteiger partial charge in [-0.25, -0.2) is 0 Å². The van der Waals surface area contributed by atoms with Gasteiger partial charge in [-0.2, -0.15) is 0 Å². The van der Waals surface area contributed by atoms with E-state index in [1.54, 1.807) is 0 Å². The summed E-state index contributed by atoms with van der Waals surface area (Å²) in [6.07, 6.45) is 2.33. The van der Waals surface area contributed by atoms with Crippen molar-refractivity contribution >= 4 is 0 Å². The van der Waals surface area contributed by atoms with Gasteiger partial charge in [-0.3, -0.25) is 0 Å². The highest BCUT2D eigenvalue weighted by Crippen LogP contribution is 2.33. The predicted octanol–water partition coefficient (Wildman–Crippen LogP) is 3.62. The van der Waals surface area contributed by atoms with Crippen LogP contribution in [-0.2, 0) is 11.8 Å². The Hall–Kier alpha value is -0.980. The highest BCUT2D eigenvalue weighted by atomic mass is 16.5. The number of hydrogen-bond donors (Lipinski definition) is 0. The van der Waals surface area contributed by atoms with Crippen LogP contribution in [0.25, 0.3) is 0 Å². The van der Waals surface area contributed by atoms with Gasteiger partial charge in [-0.1, -0.05) is 26.8 Å². The molecule has 0 spiro atoms. The van der Waals surface area contributed by atoms with Crippen molar-refractivity contribution < 1.29 is 4.74 Å². The van der Waals surface area contributed by atoms with E-state index >= 15 is 0 Å². The molecule has 1 aliphatic rings. The van der Waals surface area contributed by atoms with E-state index < -0.39 is 0 Å². The lowest BCUT2D eigenvalue weighted by molar-refractivity contribution is 0.287. The molecule has 15 heavy (non-hydrogen) atoms. The van der Waals surface area contributed by atoms with Gasteiger partial charge in [0, 0.05) is 0 Å². The third-order valence-electron chi connectivity index (χ3n) is 3.13. The number of ether oxygens (including phenoxy) is 1. The largest absolute Gasteiger partial charge is 0.493 e. The molecule has 1 heteroatoms. The number of rotatable bonds is 0. The minimum absolute atomic E-state index is 0.209. The first-order valence-corrected chi connectivity index (χ1v) is 5.75. The smallest absolute Gasteiger partial charge is 0.123 e. The van der Waals surface area contributed by atoms with Crippen LogP contribution in [0.4, 0.5) is 0 Å². The van der Waals surface area contributed by atoms with Crippen molar-refractivity contribution in [3.05, 3.63) is 28.8 Å². The molecule has 0 radical (unpaired) electrons. The normalized spacial score (nSPS) is 15.7. The number of benzene rings is 1. The molecule has 0 unspecified atom stereocenters. The molecule has 2 rings (SSSR count). The maximum Gasteiger partial charge on any atom is 0.123 e. The average molecular weight is 204 g/mol. The highest BCUT2D eigenvalue weighted by molar-refractivity contribution is 5.46. The molecule has 0 N–H and O–H groups in total. The van der Waals surface area contributed by atoms with Gasteiger partial charge >= 0.3 is 0 Å². The molecule has 0 amide bonds. The van der Waals surface area contributed by atoms with E-state index in [9.17, 15) is 0 Å². The van der Waals surface area contributed by atoms with E-state index in [-0.39, 0.29) is 5.41 Å². The zero-order valence-electron chi connectivity index (χ0n) is 10.2. The topological polar surface area (TPSA) is 9.23 Å². The monoisotopic (exact) mass is 204 g/mol. The summed E-state index contributed by atoms with van der Waals surface area (Å²) in [6.45, 7) is 9.81. The van der Waals surface area contributed by atoms with Gasteiger partial charge in [0.15, 0.2) is 0 Å². The molecule has 0 saturated carbocycles. The third-order valence-corrected chi connectivity index (χ3v) is 3.13. The van der Waals surface area contributed by atoms with Crippen molar-refractivity contribution in [3.63, 3.8) is 0 Å². The Balaban J connectivity index is 2.50. The molecule has 0 bridgehead atoms. The quantitative estimate of drug-likeness (QED) is 0.627. The van der Waals surface area contributed by atoms with Crippen molar-refractivity contribution in [3.8, 4) is 5.75 Å². The Kier molecular flexibility index (Phi) is 2.49. The van der Waals surface area contributed by atoms with Crippen molar-refractivity contribution in [2.45, 2.75) is 46.0 Å². The van der Waals surface area contributed by atoms with Crippen molar-refractivity contribution in [2.24, 2.45) is 0 Å². The van der Waals surface area contributed by atoms with Gasteiger partial charge in [0.05, 0.1) is 6.61 Å². The zero-order valence-corrected chi connectivity index (χ0v) is 10.2. The number of aryl methyl sites for hydroxylation is 1. The maximum atomic E-state index is 5.74. The van der Waals surface area contributed by atoms with Crippen LogP contribution >= 0.6 is 0 Å². The lowest BCUT2D eigenvalue weighted by Gasteiger charge is -2.25. The molecule has 0 aliphatic carbocycles. The first kappa shape index (κ1) is 10.5. The molecule has 1 aromatic rings. The first-order valence-electron chi connectivity index (χ1n) is 5.75. The summed E-state index contributed by atoms with van der Waals surface area (Å²) in [5.41, 5.74) is 4.38. The first-order chi connectivity index (χ1) is 6.98. The van der Waals surface area contributed by atoms with Gasteiger partial charge < -0.3 is 4.74 Å². The minimum Gasteiger partial charge on any atom is -0.493 e. The van der Waals surface area contributed by atoms with Gasteiger partial charge in [0.25, 0.3) is 0 Å². The van der Waals surface area contributed by atoms with Crippen molar-refractivity contribution in [1.29, 1.82) is 0 Å². The molecule has 0 atom stereocenters. The van der Waals surface area contributed by atoms with Crippen LogP contribution < -0.4 is 4.74 Å². The fourth-order valence-corrected chi connectivity index (χ4v) is 2.10. The second kappa shape index (κ2) is 3.55. The van der Waals surface area contributed by atoms with E-state index in [2.05, 4.69) is 39.8 Å². The summed E-state index contributed by atoms with van der Waals surface area (Å²) in [6, 6.07) is 4.54. The van der Waals surface area contributed by atoms with Crippen molar-refractivity contribution in [1.82, 2.24) is 0 Å². The summed E-state index contributed by atoms with van der Waals surface area (Å²) in [5, 5.41) is 0. The Morgan fingerprint density at radius 1 is 1.20 bits per heavy atom. The van der Waals surface area contributed by atoms with E-state index in [4.69, 9.17) is 4.74 Å². The predicted molar refractivity (Wildman–Crippen MR) is 63.7 cm³/mol. The summed E-state index contributed by atoms with van der Waals surface area (Å²) in [7, 11) is 0. The maximum absolute atomic E-state index is 5.74. The number of hydrogen-bond acceptors (Lipinski definition) is 1. The highest BCUT2D eigenvalue weighted by Gasteiger charge is 2.19. The molecule has 0 fully saturated rings. The fraction of sp³-hybridized carbons (Fsp3) is 0.571. The van der Waals surface area contributed by atoms with E-state index in [1.807, 2.05) is 0 Å². The lowest BCUT2D eigenvalue weighted by Crippen LogP contribution is -2.15. The van der Waals surface area contributed by atoms with Crippen LogP contribution in [0, 0.1) is 6.92 Å². The second-order valence-corrected chi connectivity index (χ2v) is 5.47. The Morgan fingerprint density at radius 3 is 2.60 bits per heavy atom. The Labute approximate surface area is 92.5 Å². The Bertz CT molecular complexity index is 372. The van der Waals surface area contributed by atoms with Gasteiger partial charge in [0.2, 0.25) is 0 Å². The molecular weight excluding hydrogens is 184 g/mol. The summed E-state index contributed by atoms with van der Waals surface area (Å²) >= 11 is 0. The van der Waals surface area contributed by atoms with Crippen LogP contribution in [0.5, 0.6) is 5.75 Å². The van der Waals surface area contributed by atoms with Crippen LogP contribution in [0.1, 0.15) is 43.9 Å². The van der Waals surface area contributed by atoms with Crippen molar-refractivity contribution in [2.75, 3.05) is 6.61 Å². The van der Waals surface area contributed by atoms with E-state index in [0.717, 1.165) is 18.8 Å². The molecule has 0 saturated heterocycles. The van der Waals surface area contributed by atoms with Crippen LogP contribution in [-0.4, -0.2) is 6.61 Å². The molecule has 1 nitrogen and oxygen atoms in total. The molecule has 1 heterocycles. The lowest BCUT2D eigenvalue weighted by atomic mass is 9.84. The molecule has 0 aromatic heterocycles. The minimum atomic E-state index is 0.209. The fourth-order valence-electron chi connectivity index (χ4n) is 2.10. The van der Waals surface area contributed by atoms with E-state index in [0.29, 0.717) is 0 Å². The standard InChI is InChI=1S/C14H20O/c1-10-8-11(14(2,3)4)9-13-12(10)6-5-7-15-13/h8-9H,5-7H2,1-4H3. The summed E-state index contributed by atoms with van der Waals surface area (Å²) in [4.78, 5) is 0. The molecule has 82 valence electrons. The van der Waals surface area contributed by atoms with Crippen LogP contribution in [0.3, 0.4) is 0 Å². The Morgan fingerprint density at radius 2 is 1.93 bits per heavy atom. The van der Waals surface area contributed by atoms with Gasteiger partial charge in [-0.05, 0) is 47.9 Å². The average Bonchev–Trinajstić information content (AvgIpc) is 2.16. The van der Waals surface area contributed by atoms with Crippen LogP contribution in [0.2, 0.25) is 0 Å². The molecule has 1 aromatic carbocycles. The van der Waals surface area contributed by atoms with E-state index in [1.165, 1.54) is 23.1 Å². The summed E-state index contributed by atoms with van der Waals surface area (Å²) in [5.74, 6) is 1.12. The third kappa shape index (κ3) is 2.01. The SMILES string of the molecule is Cc1cc(C(C)(C)C)cc2c1CCCO2. The number of fused-ring (bicyclic) bond motifs is 1. The van der Waals surface area contributed by atoms with Gasteiger partial charge in [0.1, 0.15) is 5.75 Å². The molecule has 1 aliphatic heterocycles. The summed E-state index contributed by atoms with van der Waals surface area (Å²) < 4.78 is 5.74. The molecular formula is C14H20O. The van der Waals surface area contributed by atoms with Crippen LogP contribution in [0.15, 0.2) is 12.1 Å². The van der Waals surface area contributed by atoms with Gasteiger partial charge in [-0.15, -0.1) is 0 Å². The second-order valence-electron chi connectivity index (χ2n) is 5.47.